The molecule has 1 aromatic heterocycles. The minimum atomic E-state index is 0.0136. The first-order chi connectivity index (χ1) is 13.7. The van der Waals surface area contributed by atoms with Crippen molar-refractivity contribution >= 4 is 17.4 Å². The largest absolute Gasteiger partial charge is 0.371 e. The lowest BCUT2D eigenvalue weighted by Crippen LogP contribution is -2.44. The summed E-state index contributed by atoms with van der Waals surface area (Å²) in [6.45, 7) is 4.54. The van der Waals surface area contributed by atoms with Crippen molar-refractivity contribution < 1.29 is 4.79 Å². The maximum Gasteiger partial charge on any atom is 0.227 e. The Morgan fingerprint density at radius 1 is 1.11 bits per heavy atom. The van der Waals surface area contributed by atoms with Crippen LogP contribution in [0, 0.1) is 5.92 Å². The molecule has 6 nitrogen and oxygen atoms in total. The van der Waals surface area contributed by atoms with Gasteiger partial charge < -0.3 is 14.7 Å². The molecule has 0 saturated carbocycles. The molecule has 0 bridgehead atoms. The van der Waals surface area contributed by atoms with Gasteiger partial charge in [0.25, 0.3) is 0 Å². The standard InChI is InChI=1S/C22H29N5O/c1-25(16-18-7-2-3-9-20(18)26-12-4-5-13-26)22(28)19-8-6-14-27(17-19)21-15-23-10-11-24-21/h2-3,7,9-11,15,19H,4-6,8,12-14,16-17H2,1H3. The summed E-state index contributed by atoms with van der Waals surface area (Å²) in [7, 11) is 1.93. The molecule has 1 aromatic carbocycles. The number of hydrogen-bond acceptors (Lipinski definition) is 5. The first-order valence-corrected chi connectivity index (χ1v) is 10.3. The highest BCUT2D eigenvalue weighted by Gasteiger charge is 2.29. The number of aromatic nitrogens is 2. The molecule has 0 aliphatic carbocycles. The molecule has 148 valence electrons. The van der Waals surface area contributed by atoms with Crippen LogP contribution >= 0.6 is 0 Å². The number of carbonyl (C=O) groups excluding carboxylic acids is 1. The highest BCUT2D eigenvalue weighted by atomic mass is 16.2. The van der Waals surface area contributed by atoms with E-state index < -0.39 is 0 Å². The maximum atomic E-state index is 13.2. The lowest BCUT2D eigenvalue weighted by molar-refractivity contribution is -0.135. The number of benzene rings is 1. The summed E-state index contributed by atoms with van der Waals surface area (Å²) >= 11 is 0. The van der Waals surface area contributed by atoms with Gasteiger partial charge in [0.1, 0.15) is 5.82 Å². The second-order valence-corrected chi connectivity index (χ2v) is 7.87. The minimum absolute atomic E-state index is 0.0136. The molecule has 0 radical (unpaired) electrons. The Hall–Kier alpha value is -2.63. The van der Waals surface area contributed by atoms with Gasteiger partial charge in [-0.3, -0.25) is 9.78 Å². The fourth-order valence-corrected chi connectivity index (χ4v) is 4.40. The van der Waals surface area contributed by atoms with Crippen LogP contribution in [0.4, 0.5) is 11.5 Å². The van der Waals surface area contributed by atoms with Crippen LogP contribution in [0.5, 0.6) is 0 Å². The fraction of sp³-hybridized carbons (Fsp3) is 0.500. The monoisotopic (exact) mass is 379 g/mol. The Labute approximate surface area is 167 Å². The second kappa shape index (κ2) is 8.59. The van der Waals surface area contributed by atoms with Crippen molar-refractivity contribution in [1.29, 1.82) is 0 Å². The van der Waals surface area contributed by atoms with Crippen LogP contribution in [-0.4, -0.2) is 54.0 Å². The van der Waals surface area contributed by atoms with E-state index in [0.29, 0.717) is 6.54 Å². The van der Waals surface area contributed by atoms with Crippen molar-refractivity contribution in [2.45, 2.75) is 32.2 Å². The van der Waals surface area contributed by atoms with Gasteiger partial charge in [-0.1, -0.05) is 18.2 Å². The predicted molar refractivity (Wildman–Crippen MR) is 111 cm³/mol. The molecule has 28 heavy (non-hydrogen) atoms. The Balaban J connectivity index is 1.42. The predicted octanol–water partition coefficient (Wildman–Crippen LogP) is 2.95. The Kier molecular flexibility index (Phi) is 5.74. The first-order valence-electron chi connectivity index (χ1n) is 10.3. The van der Waals surface area contributed by atoms with Crippen LogP contribution in [0.15, 0.2) is 42.9 Å². The number of piperidine rings is 1. The summed E-state index contributed by atoms with van der Waals surface area (Å²) in [6, 6.07) is 8.52. The quantitative estimate of drug-likeness (QED) is 0.799. The van der Waals surface area contributed by atoms with Crippen LogP contribution in [-0.2, 0) is 11.3 Å². The average molecular weight is 380 g/mol. The van der Waals surface area contributed by atoms with Crippen molar-refractivity contribution in [3.05, 3.63) is 48.4 Å². The van der Waals surface area contributed by atoms with Crippen molar-refractivity contribution in [1.82, 2.24) is 14.9 Å². The molecule has 2 aliphatic rings. The number of anilines is 2. The molecule has 0 N–H and O–H groups in total. The highest BCUT2D eigenvalue weighted by Crippen LogP contribution is 2.27. The third-order valence-corrected chi connectivity index (χ3v) is 5.87. The van der Waals surface area contributed by atoms with Crippen molar-refractivity contribution in [2.75, 3.05) is 43.0 Å². The van der Waals surface area contributed by atoms with Crippen LogP contribution < -0.4 is 9.80 Å². The summed E-state index contributed by atoms with van der Waals surface area (Å²) in [5.41, 5.74) is 2.52. The molecule has 2 aliphatic heterocycles. The zero-order valence-corrected chi connectivity index (χ0v) is 16.6. The summed E-state index contributed by atoms with van der Waals surface area (Å²) in [6.07, 6.45) is 9.62. The van der Waals surface area contributed by atoms with E-state index in [1.165, 1.54) is 24.1 Å². The number of para-hydroxylation sites is 1. The molecule has 6 heteroatoms. The average Bonchev–Trinajstić information content (AvgIpc) is 3.29. The molecular formula is C22H29N5O. The molecule has 1 amide bonds. The van der Waals surface area contributed by atoms with Crippen LogP contribution in [0.25, 0.3) is 0 Å². The number of hydrogen-bond donors (Lipinski definition) is 0. The van der Waals surface area contributed by atoms with Crippen molar-refractivity contribution in [3.63, 3.8) is 0 Å². The van der Waals surface area contributed by atoms with E-state index in [9.17, 15) is 4.79 Å². The molecular weight excluding hydrogens is 350 g/mol. The Morgan fingerprint density at radius 3 is 2.68 bits per heavy atom. The highest BCUT2D eigenvalue weighted by molar-refractivity contribution is 5.79. The molecule has 2 aromatic rings. The first kappa shape index (κ1) is 18.7. The number of carbonyl (C=O) groups is 1. The van der Waals surface area contributed by atoms with Gasteiger partial charge in [-0.2, -0.15) is 0 Å². The Morgan fingerprint density at radius 2 is 1.89 bits per heavy atom. The summed E-state index contributed by atoms with van der Waals surface area (Å²) in [5, 5.41) is 0. The second-order valence-electron chi connectivity index (χ2n) is 7.87. The van der Waals surface area contributed by atoms with E-state index in [-0.39, 0.29) is 11.8 Å². The smallest absolute Gasteiger partial charge is 0.227 e. The van der Waals surface area contributed by atoms with Crippen LogP contribution in [0.1, 0.15) is 31.2 Å². The summed E-state index contributed by atoms with van der Waals surface area (Å²) in [4.78, 5) is 28.3. The van der Waals surface area contributed by atoms with Crippen molar-refractivity contribution in [3.8, 4) is 0 Å². The fourth-order valence-electron chi connectivity index (χ4n) is 4.40. The van der Waals surface area contributed by atoms with Gasteiger partial charge in [0.2, 0.25) is 5.91 Å². The number of amides is 1. The van der Waals surface area contributed by atoms with E-state index >= 15 is 0 Å². The van der Waals surface area contributed by atoms with Gasteiger partial charge in [-0.25, -0.2) is 4.98 Å². The maximum absolute atomic E-state index is 13.2. The summed E-state index contributed by atoms with van der Waals surface area (Å²) < 4.78 is 0. The third-order valence-electron chi connectivity index (χ3n) is 5.87. The van der Waals surface area contributed by atoms with Gasteiger partial charge in [0.05, 0.1) is 12.1 Å². The molecule has 2 saturated heterocycles. The van der Waals surface area contributed by atoms with Gasteiger partial charge >= 0.3 is 0 Å². The molecule has 1 unspecified atom stereocenters. The van der Waals surface area contributed by atoms with Crippen molar-refractivity contribution in [2.24, 2.45) is 5.92 Å². The summed E-state index contributed by atoms with van der Waals surface area (Å²) in [5.74, 6) is 1.10. The lowest BCUT2D eigenvalue weighted by Gasteiger charge is -2.34. The third kappa shape index (κ3) is 4.11. The molecule has 1 atom stereocenters. The van der Waals surface area contributed by atoms with Gasteiger partial charge in [-0.05, 0) is 37.3 Å². The molecule has 3 heterocycles. The lowest BCUT2D eigenvalue weighted by atomic mass is 9.96. The van der Waals surface area contributed by atoms with E-state index in [1.54, 1.807) is 18.6 Å². The number of rotatable bonds is 5. The molecule has 2 fully saturated rings. The Bertz CT molecular complexity index is 791. The van der Waals surface area contributed by atoms with E-state index in [0.717, 1.165) is 44.8 Å². The molecule has 4 rings (SSSR count). The zero-order valence-electron chi connectivity index (χ0n) is 16.6. The van der Waals surface area contributed by atoms with Crippen LogP contribution in [0.3, 0.4) is 0 Å². The normalized spacial score (nSPS) is 19.7. The van der Waals surface area contributed by atoms with Gasteiger partial charge in [0.15, 0.2) is 0 Å². The SMILES string of the molecule is CN(Cc1ccccc1N1CCCC1)C(=O)C1CCCN(c2cnccn2)C1. The molecule has 0 spiro atoms. The van der Waals surface area contributed by atoms with Gasteiger partial charge in [-0.15, -0.1) is 0 Å². The van der Waals surface area contributed by atoms with Crippen LogP contribution in [0.2, 0.25) is 0 Å². The van der Waals surface area contributed by atoms with E-state index in [4.69, 9.17) is 0 Å². The van der Waals surface area contributed by atoms with E-state index in [1.807, 2.05) is 11.9 Å². The minimum Gasteiger partial charge on any atom is -0.371 e. The van der Waals surface area contributed by atoms with Gasteiger partial charge in [0, 0.05) is 57.9 Å². The zero-order chi connectivity index (χ0) is 19.3. The number of nitrogens with zero attached hydrogens (tertiary/aromatic N) is 5. The topological polar surface area (TPSA) is 52.6 Å². The van der Waals surface area contributed by atoms with E-state index in [2.05, 4.69) is 44.0 Å².